The predicted molar refractivity (Wildman–Crippen MR) is 168 cm³/mol. The maximum Gasteiger partial charge on any atom is 0.122 e. The summed E-state index contributed by atoms with van der Waals surface area (Å²) in [4.78, 5) is 9.43. The average molecular weight is 544 g/mol. The smallest absolute Gasteiger partial charge is 0.122 e. The molecule has 0 bridgehead atoms. The van der Waals surface area contributed by atoms with Gasteiger partial charge >= 0.3 is 0 Å². The van der Waals surface area contributed by atoms with Crippen LogP contribution in [0.1, 0.15) is 63.3 Å². The van der Waals surface area contributed by atoms with Gasteiger partial charge in [-0.05, 0) is 113 Å². The molecule has 0 N–H and O–H groups in total. The molecule has 1 aromatic carbocycles. The van der Waals surface area contributed by atoms with Gasteiger partial charge in [0.1, 0.15) is 11.5 Å². The maximum atomic E-state index is 6.31. The van der Waals surface area contributed by atoms with Crippen LogP contribution in [0.15, 0.2) is 84.8 Å². The van der Waals surface area contributed by atoms with Gasteiger partial charge in [-0.1, -0.05) is 43.0 Å². The zero-order chi connectivity index (χ0) is 28.6. The summed E-state index contributed by atoms with van der Waals surface area (Å²) >= 11 is 0. The summed E-state index contributed by atoms with van der Waals surface area (Å²) in [6.45, 7) is 20.1. The van der Waals surface area contributed by atoms with Crippen molar-refractivity contribution in [2.75, 3.05) is 45.9 Å². The molecule has 0 radical (unpaired) electrons. The largest absolute Gasteiger partial charge is 0.493 e. The van der Waals surface area contributed by atoms with Gasteiger partial charge in [0, 0.05) is 32.4 Å². The summed E-state index contributed by atoms with van der Waals surface area (Å²) in [6, 6.07) is 12.4. The molecule has 0 aliphatic carbocycles. The van der Waals surface area contributed by atoms with Crippen LogP contribution in [0.2, 0.25) is 0 Å². The molecule has 5 nitrogen and oxygen atoms in total. The molecule has 1 saturated heterocycles. The molecule has 1 aliphatic rings. The van der Waals surface area contributed by atoms with Crippen molar-refractivity contribution in [1.29, 1.82) is 0 Å². The highest BCUT2D eigenvalue weighted by molar-refractivity contribution is 5.81. The van der Waals surface area contributed by atoms with Crippen molar-refractivity contribution in [2.24, 2.45) is 0 Å². The van der Waals surface area contributed by atoms with Gasteiger partial charge in [-0.2, -0.15) is 0 Å². The van der Waals surface area contributed by atoms with E-state index in [9.17, 15) is 0 Å². The molecule has 216 valence electrons. The number of pyridine rings is 1. The van der Waals surface area contributed by atoms with E-state index in [0.29, 0.717) is 13.2 Å². The van der Waals surface area contributed by atoms with Crippen molar-refractivity contribution in [3.8, 4) is 5.75 Å². The third-order valence-electron chi connectivity index (χ3n) is 7.48. The zero-order valence-corrected chi connectivity index (χ0v) is 25.2. The lowest BCUT2D eigenvalue weighted by molar-refractivity contribution is 0.199. The van der Waals surface area contributed by atoms with Crippen LogP contribution in [0, 0.1) is 6.92 Å². The minimum atomic E-state index is 0.664. The van der Waals surface area contributed by atoms with Gasteiger partial charge in [0.2, 0.25) is 0 Å². The first kappa shape index (κ1) is 31.4. The fourth-order valence-electron chi connectivity index (χ4n) is 5.25. The van der Waals surface area contributed by atoms with Gasteiger partial charge in [0.15, 0.2) is 0 Å². The van der Waals surface area contributed by atoms with E-state index in [1.54, 1.807) is 0 Å². The molecule has 40 heavy (non-hydrogen) atoms. The Balaban J connectivity index is 1.58. The number of hydrogen-bond acceptors (Lipinski definition) is 5. The topological polar surface area (TPSA) is 37.8 Å². The molecule has 0 unspecified atom stereocenters. The first-order valence-corrected chi connectivity index (χ1v) is 14.9. The highest BCUT2D eigenvalue weighted by Crippen LogP contribution is 2.33. The molecule has 5 heteroatoms. The monoisotopic (exact) mass is 543 g/mol. The molecule has 1 aliphatic heterocycles. The minimum absolute atomic E-state index is 0.664. The van der Waals surface area contributed by atoms with Crippen LogP contribution in [-0.2, 0) is 11.3 Å². The molecule has 0 atom stereocenters. The van der Waals surface area contributed by atoms with Crippen LogP contribution in [0.5, 0.6) is 5.75 Å². The standard InChI is InChI=1S/C35H49N3O2/c1-6-9-21-38(28-31-17-10-11-20-36-31)25-16-27-40-35-19-14-18-33(30(35)5)32(7-2)29(4)34(8-3)39-26-15-24-37-22-12-13-23-37/h6-11,14,17-20H,3,12-13,15-16,21-28H2,1-2,4-5H3/b9-6+,32-7+,34-29+. The van der Waals surface area contributed by atoms with E-state index >= 15 is 0 Å². The summed E-state index contributed by atoms with van der Waals surface area (Å²) in [6.07, 6.45) is 14.8. The Morgan fingerprint density at radius 2 is 1.90 bits per heavy atom. The molecule has 0 spiro atoms. The lowest BCUT2D eigenvalue weighted by atomic mass is 9.93. The summed E-state index contributed by atoms with van der Waals surface area (Å²) in [7, 11) is 0. The van der Waals surface area contributed by atoms with Crippen molar-refractivity contribution in [3.05, 3.63) is 102 Å². The Kier molecular flexibility index (Phi) is 13.7. The Hall–Kier alpha value is -3.15. The summed E-state index contributed by atoms with van der Waals surface area (Å²) in [5.74, 6) is 1.79. The third kappa shape index (κ3) is 9.79. The quantitative estimate of drug-likeness (QED) is 0.0889. The van der Waals surface area contributed by atoms with Gasteiger partial charge in [-0.25, -0.2) is 0 Å². The summed E-state index contributed by atoms with van der Waals surface area (Å²) in [5.41, 5.74) is 5.67. The second kappa shape index (κ2) is 17.5. The van der Waals surface area contributed by atoms with Crippen molar-refractivity contribution in [3.63, 3.8) is 0 Å². The second-order valence-electron chi connectivity index (χ2n) is 10.4. The Labute approximate surface area is 242 Å². The van der Waals surface area contributed by atoms with Crippen LogP contribution in [0.3, 0.4) is 0 Å². The minimum Gasteiger partial charge on any atom is -0.493 e. The number of hydrogen-bond donors (Lipinski definition) is 0. The molecule has 3 rings (SSSR count). The molecule has 2 aromatic rings. The molecule has 0 amide bonds. The Morgan fingerprint density at radius 3 is 2.60 bits per heavy atom. The number of benzene rings is 1. The van der Waals surface area contributed by atoms with Crippen molar-refractivity contribution in [1.82, 2.24) is 14.8 Å². The SMILES string of the molecule is C=C/C(OCCCN1CCCC1)=C(C)\C(=C/C)c1cccc(OCCCN(C/C=C/C)Cc2ccccn2)c1C. The number of allylic oxidation sites excluding steroid dienone is 5. The first-order valence-electron chi connectivity index (χ1n) is 14.9. The number of ether oxygens (including phenoxy) is 2. The van der Waals surface area contributed by atoms with Crippen molar-refractivity contribution >= 4 is 5.57 Å². The van der Waals surface area contributed by atoms with Crippen molar-refractivity contribution < 1.29 is 9.47 Å². The summed E-state index contributed by atoms with van der Waals surface area (Å²) in [5, 5.41) is 0. The van der Waals surface area contributed by atoms with E-state index in [0.717, 1.165) is 72.9 Å². The van der Waals surface area contributed by atoms with Crippen LogP contribution in [0.25, 0.3) is 5.57 Å². The van der Waals surface area contributed by atoms with Gasteiger partial charge in [-0.3, -0.25) is 9.88 Å². The fourth-order valence-corrected chi connectivity index (χ4v) is 5.25. The van der Waals surface area contributed by atoms with E-state index in [4.69, 9.17) is 9.47 Å². The van der Waals surface area contributed by atoms with Gasteiger partial charge in [0.05, 0.1) is 18.9 Å². The van der Waals surface area contributed by atoms with Gasteiger partial charge in [-0.15, -0.1) is 0 Å². The second-order valence-corrected chi connectivity index (χ2v) is 10.4. The van der Waals surface area contributed by atoms with Crippen LogP contribution in [-0.4, -0.2) is 60.7 Å². The molecule has 0 saturated carbocycles. The van der Waals surface area contributed by atoms with E-state index in [-0.39, 0.29) is 0 Å². The highest BCUT2D eigenvalue weighted by Gasteiger charge is 2.15. The Morgan fingerprint density at radius 1 is 1.07 bits per heavy atom. The zero-order valence-electron chi connectivity index (χ0n) is 25.2. The number of nitrogens with zero attached hydrogens (tertiary/aromatic N) is 3. The lowest BCUT2D eigenvalue weighted by Crippen LogP contribution is -2.26. The third-order valence-corrected chi connectivity index (χ3v) is 7.48. The number of likely N-dealkylation sites (tertiary alicyclic amines) is 1. The molecule has 2 heterocycles. The first-order chi connectivity index (χ1) is 19.6. The fraction of sp³-hybridized carbons (Fsp3) is 0.457. The van der Waals surface area contributed by atoms with E-state index in [2.05, 4.69) is 91.6 Å². The Bertz CT molecular complexity index is 1130. The van der Waals surface area contributed by atoms with E-state index in [1.807, 2.05) is 24.4 Å². The van der Waals surface area contributed by atoms with Crippen LogP contribution in [0.4, 0.5) is 0 Å². The van der Waals surface area contributed by atoms with E-state index in [1.165, 1.54) is 31.5 Å². The lowest BCUT2D eigenvalue weighted by Gasteiger charge is -2.21. The highest BCUT2D eigenvalue weighted by atomic mass is 16.5. The van der Waals surface area contributed by atoms with Crippen LogP contribution < -0.4 is 4.74 Å². The van der Waals surface area contributed by atoms with Gasteiger partial charge in [0.25, 0.3) is 0 Å². The van der Waals surface area contributed by atoms with E-state index < -0.39 is 0 Å². The normalized spacial score (nSPS) is 15.1. The number of rotatable bonds is 17. The predicted octanol–water partition coefficient (Wildman–Crippen LogP) is 7.60. The maximum absolute atomic E-state index is 6.31. The van der Waals surface area contributed by atoms with Crippen molar-refractivity contribution in [2.45, 2.75) is 59.9 Å². The van der Waals surface area contributed by atoms with Gasteiger partial charge < -0.3 is 14.4 Å². The molecule has 1 aromatic heterocycles. The average Bonchev–Trinajstić information content (AvgIpc) is 3.50. The molecule has 1 fully saturated rings. The molecular weight excluding hydrogens is 494 g/mol. The van der Waals surface area contributed by atoms with Crippen LogP contribution >= 0.6 is 0 Å². The number of aromatic nitrogens is 1. The summed E-state index contributed by atoms with van der Waals surface area (Å²) < 4.78 is 12.5. The molecular formula is C35H49N3O2.